The molecule has 0 aromatic carbocycles. The summed E-state index contributed by atoms with van der Waals surface area (Å²) in [6.07, 6.45) is 11.9. The van der Waals surface area contributed by atoms with Gasteiger partial charge in [-0.3, -0.25) is 0 Å². The van der Waals surface area contributed by atoms with E-state index in [0.29, 0.717) is 0 Å². The first-order chi connectivity index (χ1) is 13.9. The Morgan fingerprint density at radius 2 is 1.71 bits per heavy atom. The summed E-state index contributed by atoms with van der Waals surface area (Å²) in [4.78, 5) is 14.0. The van der Waals surface area contributed by atoms with Crippen molar-refractivity contribution in [3.63, 3.8) is 0 Å². The van der Waals surface area contributed by atoms with Gasteiger partial charge in [0.2, 0.25) is 0 Å². The Balaban J connectivity index is 1.40. The largest absolute Gasteiger partial charge is 0.370 e. The maximum absolute atomic E-state index is 4.66. The summed E-state index contributed by atoms with van der Waals surface area (Å²) < 4.78 is 2.10. The summed E-state index contributed by atoms with van der Waals surface area (Å²) in [5.41, 5.74) is 4.34. The standard InChI is InChI=1S/C21H27N7/c1-2-9-26(10-3-1)18-14-19(21-23-8-13-28(21)16-18)25-20-5-4-17(15-24-20)27-11-6-22-7-12-27/h4-5,8,13-16,22H,1-3,6-7,9-12H2,(H,24,25). The Bertz CT molecular complexity index is 922. The van der Waals surface area contributed by atoms with Gasteiger partial charge in [-0.15, -0.1) is 0 Å². The van der Waals surface area contributed by atoms with Crippen molar-refractivity contribution in [3.8, 4) is 0 Å². The maximum Gasteiger partial charge on any atom is 0.160 e. The zero-order valence-electron chi connectivity index (χ0n) is 16.1. The third-order valence-corrected chi connectivity index (χ3v) is 5.69. The molecule has 2 aliphatic heterocycles. The van der Waals surface area contributed by atoms with Gasteiger partial charge in [0, 0.05) is 57.9 Å². The predicted molar refractivity (Wildman–Crippen MR) is 114 cm³/mol. The van der Waals surface area contributed by atoms with Gasteiger partial charge >= 0.3 is 0 Å². The fraction of sp³-hybridized carbons (Fsp3) is 0.429. The number of anilines is 4. The van der Waals surface area contributed by atoms with E-state index in [4.69, 9.17) is 0 Å². The number of hydrogen-bond donors (Lipinski definition) is 2. The number of piperazine rings is 1. The summed E-state index contributed by atoms with van der Waals surface area (Å²) in [7, 11) is 0. The van der Waals surface area contributed by atoms with Gasteiger partial charge in [-0.25, -0.2) is 9.97 Å². The van der Waals surface area contributed by atoms with Crippen LogP contribution in [0.4, 0.5) is 22.9 Å². The molecule has 0 amide bonds. The lowest BCUT2D eigenvalue weighted by Crippen LogP contribution is -2.43. The van der Waals surface area contributed by atoms with Crippen molar-refractivity contribution in [2.45, 2.75) is 19.3 Å². The van der Waals surface area contributed by atoms with Crippen molar-refractivity contribution in [1.29, 1.82) is 0 Å². The highest BCUT2D eigenvalue weighted by Crippen LogP contribution is 2.28. The molecule has 28 heavy (non-hydrogen) atoms. The summed E-state index contributed by atoms with van der Waals surface area (Å²) in [6, 6.07) is 6.42. The number of rotatable bonds is 4. The molecule has 0 atom stereocenters. The highest BCUT2D eigenvalue weighted by Gasteiger charge is 2.15. The van der Waals surface area contributed by atoms with E-state index < -0.39 is 0 Å². The Morgan fingerprint density at radius 1 is 0.893 bits per heavy atom. The van der Waals surface area contributed by atoms with E-state index in [1.807, 2.05) is 18.6 Å². The Hall–Kier alpha value is -2.80. The van der Waals surface area contributed by atoms with E-state index >= 15 is 0 Å². The van der Waals surface area contributed by atoms with Crippen molar-refractivity contribution in [2.75, 3.05) is 54.4 Å². The van der Waals surface area contributed by atoms with E-state index in [-0.39, 0.29) is 0 Å². The Labute approximate surface area is 165 Å². The van der Waals surface area contributed by atoms with E-state index in [1.165, 1.54) is 30.6 Å². The lowest BCUT2D eigenvalue weighted by Gasteiger charge is -2.29. The van der Waals surface area contributed by atoms with Gasteiger partial charge in [-0.1, -0.05) is 0 Å². The van der Waals surface area contributed by atoms with Crippen LogP contribution in [0.2, 0.25) is 0 Å². The van der Waals surface area contributed by atoms with Crippen LogP contribution in [0.25, 0.3) is 5.65 Å². The van der Waals surface area contributed by atoms with E-state index in [9.17, 15) is 0 Å². The molecule has 0 saturated carbocycles. The monoisotopic (exact) mass is 377 g/mol. The normalized spacial score (nSPS) is 17.9. The first-order valence-corrected chi connectivity index (χ1v) is 10.3. The second-order valence-corrected chi connectivity index (χ2v) is 7.58. The van der Waals surface area contributed by atoms with E-state index in [0.717, 1.165) is 56.4 Å². The second kappa shape index (κ2) is 7.67. The number of nitrogens with one attached hydrogen (secondary N) is 2. The molecule has 5 heterocycles. The second-order valence-electron chi connectivity index (χ2n) is 7.58. The molecule has 0 bridgehead atoms. The molecule has 146 valence electrons. The number of nitrogens with zero attached hydrogens (tertiary/aromatic N) is 5. The van der Waals surface area contributed by atoms with Gasteiger partial charge in [0.25, 0.3) is 0 Å². The molecular formula is C21H27N7. The first kappa shape index (κ1) is 17.3. The van der Waals surface area contributed by atoms with Crippen LogP contribution in [0, 0.1) is 0 Å². The van der Waals surface area contributed by atoms with Crippen LogP contribution in [0.3, 0.4) is 0 Å². The van der Waals surface area contributed by atoms with Crippen molar-refractivity contribution in [2.24, 2.45) is 0 Å². The van der Waals surface area contributed by atoms with Crippen molar-refractivity contribution < 1.29 is 0 Å². The average molecular weight is 377 g/mol. The van der Waals surface area contributed by atoms with Crippen molar-refractivity contribution >= 4 is 28.5 Å². The van der Waals surface area contributed by atoms with E-state index in [2.05, 4.69) is 59.2 Å². The molecule has 5 rings (SSSR count). The minimum Gasteiger partial charge on any atom is -0.370 e. The molecular weight excluding hydrogens is 350 g/mol. The van der Waals surface area contributed by atoms with Gasteiger partial charge < -0.3 is 24.8 Å². The van der Waals surface area contributed by atoms with Gasteiger partial charge in [0.05, 0.1) is 23.3 Å². The minimum atomic E-state index is 0.847. The van der Waals surface area contributed by atoms with Gasteiger partial charge in [-0.05, 0) is 37.5 Å². The summed E-state index contributed by atoms with van der Waals surface area (Å²) in [5, 5.41) is 6.88. The van der Waals surface area contributed by atoms with Crippen LogP contribution in [0.1, 0.15) is 19.3 Å². The van der Waals surface area contributed by atoms with Crippen LogP contribution in [-0.4, -0.2) is 53.6 Å². The number of piperidine rings is 1. The van der Waals surface area contributed by atoms with Crippen LogP contribution in [0.5, 0.6) is 0 Å². The van der Waals surface area contributed by atoms with Crippen LogP contribution in [0.15, 0.2) is 43.0 Å². The third kappa shape index (κ3) is 3.49. The highest BCUT2D eigenvalue weighted by atomic mass is 15.2. The van der Waals surface area contributed by atoms with Gasteiger partial charge in [0.1, 0.15) is 5.82 Å². The molecule has 0 unspecified atom stereocenters. The third-order valence-electron chi connectivity index (χ3n) is 5.69. The van der Waals surface area contributed by atoms with Crippen LogP contribution < -0.4 is 20.4 Å². The summed E-state index contributed by atoms with van der Waals surface area (Å²) >= 11 is 0. The van der Waals surface area contributed by atoms with Crippen molar-refractivity contribution in [3.05, 3.63) is 43.0 Å². The maximum atomic E-state index is 4.66. The van der Waals surface area contributed by atoms with Crippen molar-refractivity contribution in [1.82, 2.24) is 19.7 Å². The molecule has 3 aromatic heterocycles. The molecule has 7 nitrogen and oxygen atoms in total. The van der Waals surface area contributed by atoms with Crippen LogP contribution >= 0.6 is 0 Å². The number of pyridine rings is 2. The molecule has 0 aliphatic carbocycles. The zero-order chi connectivity index (χ0) is 18.8. The molecule has 2 N–H and O–H groups in total. The molecule has 2 saturated heterocycles. The Kier molecular flexibility index (Phi) is 4.74. The summed E-state index contributed by atoms with van der Waals surface area (Å²) in [5.74, 6) is 0.847. The Morgan fingerprint density at radius 3 is 2.50 bits per heavy atom. The quantitative estimate of drug-likeness (QED) is 0.729. The lowest BCUT2D eigenvalue weighted by molar-refractivity contribution is 0.577. The zero-order valence-corrected chi connectivity index (χ0v) is 16.1. The topological polar surface area (TPSA) is 60.7 Å². The fourth-order valence-electron chi connectivity index (χ4n) is 4.14. The lowest BCUT2D eigenvalue weighted by atomic mass is 10.1. The first-order valence-electron chi connectivity index (χ1n) is 10.3. The number of fused-ring (bicyclic) bond motifs is 1. The summed E-state index contributed by atoms with van der Waals surface area (Å²) in [6.45, 7) is 6.36. The highest BCUT2D eigenvalue weighted by molar-refractivity contribution is 5.77. The fourth-order valence-corrected chi connectivity index (χ4v) is 4.14. The number of aromatic nitrogens is 3. The molecule has 7 heteroatoms. The molecule has 2 aliphatic rings. The molecule has 0 radical (unpaired) electrons. The number of hydrogen-bond acceptors (Lipinski definition) is 6. The smallest absolute Gasteiger partial charge is 0.160 e. The molecule has 2 fully saturated rings. The average Bonchev–Trinajstić information content (AvgIpc) is 3.25. The van der Waals surface area contributed by atoms with Gasteiger partial charge in [0.15, 0.2) is 5.65 Å². The predicted octanol–water partition coefficient (Wildman–Crippen LogP) is 2.87. The van der Waals surface area contributed by atoms with Gasteiger partial charge in [-0.2, -0.15) is 0 Å². The number of imidazole rings is 1. The molecule has 3 aromatic rings. The molecule has 0 spiro atoms. The van der Waals surface area contributed by atoms with E-state index in [1.54, 1.807) is 0 Å². The van der Waals surface area contributed by atoms with Crippen LogP contribution in [-0.2, 0) is 0 Å². The SMILES string of the molecule is c1cn2cc(N3CCCCC3)cc(Nc3ccc(N4CCNCC4)cn3)c2n1. The minimum absolute atomic E-state index is 0.847.